The quantitative estimate of drug-likeness (QED) is 0.750. The van der Waals surface area contributed by atoms with Gasteiger partial charge in [-0.25, -0.2) is 0 Å². The second-order valence-electron chi connectivity index (χ2n) is 4.26. The van der Waals surface area contributed by atoms with Crippen molar-refractivity contribution in [1.82, 2.24) is 0 Å². The van der Waals surface area contributed by atoms with Gasteiger partial charge >= 0.3 is 0 Å². The van der Waals surface area contributed by atoms with Crippen LogP contribution in [0.3, 0.4) is 0 Å². The molecule has 2 aromatic carbocycles. The van der Waals surface area contributed by atoms with Crippen LogP contribution in [0.5, 0.6) is 5.75 Å². The summed E-state index contributed by atoms with van der Waals surface area (Å²) in [5.41, 5.74) is 2.09. The van der Waals surface area contributed by atoms with E-state index in [4.69, 9.17) is 0 Å². The average Bonchev–Trinajstić information content (AvgIpc) is 2.36. The number of hydrogen-bond donors (Lipinski definition) is 0. The minimum Gasteiger partial charge on any atom is -0.289 e. The molecular formula is C15H12OS. The first-order valence-electron chi connectivity index (χ1n) is 5.59. The van der Waals surface area contributed by atoms with E-state index < -0.39 is 0 Å². The van der Waals surface area contributed by atoms with Crippen LogP contribution in [0.25, 0.3) is 16.8 Å². The molecule has 1 aliphatic rings. The molecule has 1 aliphatic carbocycles. The van der Waals surface area contributed by atoms with Gasteiger partial charge in [0.25, 0.3) is 0 Å². The molecule has 0 saturated carbocycles. The predicted octanol–water partition coefficient (Wildman–Crippen LogP) is 4.62. The van der Waals surface area contributed by atoms with Gasteiger partial charge in [0.1, 0.15) is 0 Å². The zero-order valence-corrected chi connectivity index (χ0v) is 10.2. The van der Waals surface area contributed by atoms with Gasteiger partial charge in [-0.3, -0.25) is 5.11 Å². The molecule has 1 nitrogen and oxygen atoms in total. The van der Waals surface area contributed by atoms with Crippen LogP contribution in [0.4, 0.5) is 0 Å². The van der Waals surface area contributed by atoms with Crippen molar-refractivity contribution in [3.8, 4) is 5.75 Å². The van der Waals surface area contributed by atoms with E-state index in [2.05, 4.69) is 30.5 Å². The van der Waals surface area contributed by atoms with Crippen LogP contribution in [0.15, 0.2) is 36.4 Å². The van der Waals surface area contributed by atoms with Gasteiger partial charge in [0.2, 0.25) is 0 Å². The van der Waals surface area contributed by atoms with Crippen LogP contribution in [-0.2, 0) is 5.11 Å². The highest BCUT2D eigenvalue weighted by Crippen LogP contribution is 2.39. The fourth-order valence-electron chi connectivity index (χ4n) is 2.48. The van der Waals surface area contributed by atoms with Gasteiger partial charge < -0.3 is 0 Å². The van der Waals surface area contributed by atoms with Gasteiger partial charge in [-0.05, 0) is 22.4 Å². The van der Waals surface area contributed by atoms with Crippen molar-refractivity contribution in [2.75, 3.05) is 5.75 Å². The van der Waals surface area contributed by atoms with E-state index in [0.29, 0.717) is 5.92 Å². The molecule has 0 fully saturated rings. The number of hydrogen-bond acceptors (Lipinski definition) is 1. The maximum Gasteiger partial charge on any atom is 0.186 e. The second-order valence-corrected chi connectivity index (χ2v) is 5.00. The van der Waals surface area contributed by atoms with Crippen molar-refractivity contribution < 1.29 is 5.11 Å². The molecule has 0 saturated heterocycles. The number of benzene rings is 2. The first-order valence-corrected chi connectivity index (χ1v) is 6.74. The molecule has 0 aromatic heterocycles. The van der Waals surface area contributed by atoms with Gasteiger partial charge in [-0.1, -0.05) is 36.4 Å². The van der Waals surface area contributed by atoms with E-state index in [1.54, 1.807) is 17.8 Å². The van der Waals surface area contributed by atoms with Crippen molar-refractivity contribution in [2.45, 2.75) is 5.92 Å². The standard InChI is InChI=1S/C15H12OS/c1-17-9-11-5-7-13-14(16)8-6-10-3-2-4-12(11)15(10)13/h2-8,11H,1,9H2. The van der Waals surface area contributed by atoms with Crippen molar-refractivity contribution in [1.29, 1.82) is 0 Å². The van der Waals surface area contributed by atoms with E-state index in [0.717, 1.165) is 22.1 Å². The van der Waals surface area contributed by atoms with E-state index in [-0.39, 0.29) is 5.75 Å². The van der Waals surface area contributed by atoms with Crippen LogP contribution < -0.4 is 0 Å². The fourth-order valence-corrected chi connectivity index (χ4v) is 3.02. The Balaban J connectivity index is 2.31. The summed E-state index contributed by atoms with van der Waals surface area (Å²) >= 11 is 1.59. The first-order chi connectivity index (χ1) is 8.31. The summed E-state index contributed by atoms with van der Waals surface area (Å²) in [5.74, 6) is 1.44. The lowest BCUT2D eigenvalue weighted by atomic mass is 9.86. The summed E-state index contributed by atoms with van der Waals surface area (Å²) in [5, 5.41) is 14.1. The van der Waals surface area contributed by atoms with Crippen molar-refractivity contribution in [3.05, 3.63) is 53.8 Å². The Bertz CT molecular complexity index is 601. The lowest BCUT2D eigenvalue weighted by Gasteiger charge is -2.20. The monoisotopic (exact) mass is 240 g/mol. The molecule has 17 heavy (non-hydrogen) atoms. The largest absolute Gasteiger partial charge is 0.289 e. The summed E-state index contributed by atoms with van der Waals surface area (Å²) < 4.78 is 0. The molecule has 0 spiro atoms. The SMILES string of the molecule is [CH2]SCC1C=Cc2c([O])ccc3cccc1c23. The average molecular weight is 240 g/mol. The maximum atomic E-state index is 11.8. The molecule has 2 heteroatoms. The molecule has 0 aliphatic heterocycles. The van der Waals surface area contributed by atoms with E-state index in [1.807, 2.05) is 12.1 Å². The Morgan fingerprint density at radius 1 is 1.24 bits per heavy atom. The zero-order chi connectivity index (χ0) is 11.8. The van der Waals surface area contributed by atoms with Crippen LogP contribution in [-0.4, -0.2) is 5.75 Å². The molecule has 1 unspecified atom stereocenters. The van der Waals surface area contributed by atoms with Crippen LogP contribution in [0.2, 0.25) is 0 Å². The lowest BCUT2D eigenvalue weighted by molar-refractivity contribution is 0.354. The van der Waals surface area contributed by atoms with Gasteiger partial charge in [0.05, 0.1) is 0 Å². The Morgan fingerprint density at radius 3 is 2.94 bits per heavy atom. The van der Waals surface area contributed by atoms with Crippen molar-refractivity contribution in [2.24, 2.45) is 0 Å². The molecule has 3 rings (SSSR count). The molecule has 2 radical (unpaired) electrons. The third-order valence-corrected chi connectivity index (χ3v) is 3.86. The molecule has 0 N–H and O–H groups in total. The highest BCUT2D eigenvalue weighted by molar-refractivity contribution is 8.00. The Labute approximate surface area is 105 Å². The number of thioether (sulfide) groups is 1. The molecular weight excluding hydrogens is 228 g/mol. The normalized spacial score (nSPS) is 17.6. The maximum absolute atomic E-state index is 11.8. The van der Waals surface area contributed by atoms with Gasteiger partial charge in [-0.2, -0.15) is 11.8 Å². The highest BCUT2D eigenvalue weighted by atomic mass is 32.2. The highest BCUT2D eigenvalue weighted by Gasteiger charge is 2.19. The van der Waals surface area contributed by atoms with Crippen molar-refractivity contribution >= 4 is 28.6 Å². The van der Waals surface area contributed by atoms with Crippen molar-refractivity contribution in [3.63, 3.8) is 0 Å². The van der Waals surface area contributed by atoms with Gasteiger partial charge in [0.15, 0.2) is 5.75 Å². The summed E-state index contributed by atoms with van der Waals surface area (Å²) in [4.78, 5) is 0. The molecule has 0 amide bonds. The summed E-state index contributed by atoms with van der Waals surface area (Å²) in [6.45, 7) is 0. The molecule has 0 bridgehead atoms. The zero-order valence-electron chi connectivity index (χ0n) is 9.35. The third-order valence-electron chi connectivity index (χ3n) is 3.27. The number of allylic oxidation sites excluding steroid dienone is 1. The lowest BCUT2D eigenvalue weighted by Crippen LogP contribution is -2.03. The van der Waals surface area contributed by atoms with E-state index in [1.165, 1.54) is 5.56 Å². The fraction of sp³-hybridized carbons (Fsp3) is 0.133. The summed E-state index contributed by atoms with van der Waals surface area (Å²) in [6, 6.07) is 9.82. The summed E-state index contributed by atoms with van der Waals surface area (Å²) in [7, 11) is 0. The third kappa shape index (κ3) is 1.64. The summed E-state index contributed by atoms with van der Waals surface area (Å²) in [6.07, 6.45) is 7.93. The molecule has 2 aromatic rings. The predicted molar refractivity (Wildman–Crippen MR) is 73.7 cm³/mol. The van der Waals surface area contributed by atoms with Gasteiger partial charge in [0, 0.05) is 23.5 Å². The van der Waals surface area contributed by atoms with E-state index >= 15 is 0 Å². The van der Waals surface area contributed by atoms with Crippen LogP contribution >= 0.6 is 11.8 Å². The second kappa shape index (κ2) is 4.11. The topological polar surface area (TPSA) is 19.9 Å². The molecule has 84 valence electrons. The Kier molecular flexibility index (Phi) is 2.60. The Morgan fingerprint density at radius 2 is 2.12 bits per heavy atom. The minimum atomic E-state index is 0.113. The molecule has 0 heterocycles. The van der Waals surface area contributed by atoms with E-state index in [9.17, 15) is 5.11 Å². The Hall–Kier alpha value is -1.41. The first kappa shape index (κ1) is 10.7. The number of rotatable bonds is 2. The van der Waals surface area contributed by atoms with Crippen LogP contribution in [0.1, 0.15) is 17.0 Å². The van der Waals surface area contributed by atoms with Gasteiger partial charge in [-0.15, -0.1) is 0 Å². The molecule has 1 atom stereocenters. The van der Waals surface area contributed by atoms with Crippen LogP contribution in [0, 0.1) is 6.26 Å². The minimum absolute atomic E-state index is 0.113. The smallest absolute Gasteiger partial charge is 0.186 e.